The minimum atomic E-state index is -0.431. The normalized spacial score (nSPS) is 33.6. The molecule has 0 heterocycles. The second-order valence-electron chi connectivity index (χ2n) is 8.18. The van der Waals surface area contributed by atoms with Crippen molar-refractivity contribution in [2.75, 3.05) is 6.61 Å². The van der Waals surface area contributed by atoms with E-state index in [1.165, 1.54) is 19.3 Å². The third-order valence-corrected chi connectivity index (χ3v) is 6.37. The molecule has 0 saturated heterocycles. The Morgan fingerprint density at radius 1 is 1.00 bits per heavy atom. The van der Waals surface area contributed by atoms with Crippen LogP contribution in [0.3, 0.4) is 0 Å². The predicted octanol–water partition coefficient (Wildman–Crippen LogP) is 3.09. The summed E-state index contributed by atoms with van der Waals surface area (Å²) in [4.78, 5) is 23.9. The van der Waals surface area contributed by atoms with Gasteiger partial charge in [-0.15, -0.1) is 0 Å². The van der Waals surface area contributed by atoms with Crippen LogP contribution < -0.4 is 5.73 Å². The molecule has 1 aromatic rings. The van der Waals surface area contributed by atoms with Crippen LogP contribution >= 0.6 is 0 Å². The van der Waals surface area contributed by atoms with Crippen molar-refractivity contribution in [3.05, 3.63) is 35.4 Å². The van der Waals surface area contributed by atoms with Crippen LogP contribution in [-0.4, -0.2) is 18.3 Å². The number of primary amides is 1. The van der Waals surface area contributed by atoms with Crippen LogP contribution in [0.2, 0.25) is 0 Å². The first-order chi connectivity index (χ1) is 11.5. The lowest BCUT2D eigenvalue weighted by Gasteiger charge is -2.55. The Bertz CT molecular complexity index is 614. The Hall–Kier alpha value is -1.68. The molecule has 4 saturated carbocycles. The zero-order chi connectivity index (χ0) is 16.7. The summed E-state index contributed by atoms with van der Waals surface area (Å²) in [6.45, 7) is 0.612. The zero-order valence-electron chi connectivity index (χ0n) is 14.0. The number of amides is 1. The average molecular weight is 327 g/mol. The van der Waals surface area contributed by atoms with Gasteiger partial charge in [0, 0.05) is 11.0 Å². The van der Waals surface area contributed by atoms with Crippen LogP contribution in [0.1, 0.15) is 54.4 Å². The molecule has 5 rings (SSSR count). The second-order valence-corrected chi connectivity index (χ2v) is 8.18. The maximum atomic E-state index is 12.8. The maximum absolute atomic E-state index is 12.8. The van der Waals surface area contributed by atoms with Gasteiger partial charge in [0.15, 0.2) is 5.78 Å². The SMILES string of the molecule is NC(=O)c1ccc(COCC(=O)C23CC4CC(CC(C4)C2)C3)cc1. The van der Waals surface area contributed by atoms with Gasteiger partial charge in [-0.25, -0.2) is 0 Å². The molecule has 4 nitrogen and oxygen atoms in total. The van der Waals surface area contributed by atoms with E-state index in [0.29, 0.717) is 18.0 Å². The molecular weight excluding hydrogens is 302 g/mol. The molecule has 4 bridgehead atoms. The number of hydrogen-bond donors (Lipinski definition) is 1. The Balaban J connectivity index is 1.33. The fraction of sp³-hybridized carbons (Fsp3) is 0.600. The molecule has 0 spiro atoms. The van der Waals surface area contributed by atoms with Gasteiger partial charge in [-0.2, -0.15) is 0 Å². The van der Waals surface area contributed by atoms with Gasteiger partial charge in [0.05, 0.1) is 6.61 Å². The van der Waals surface area contributed by atoms with E-state index in [2.05, 4.69) is 0 Å². The average Bonchev–Trinajstić information content (AvgIpc) is 2.54. The molecule has 4 fully saturated rings. The minimum Gasteiger partial charge on any atom is -0.369 e. The van der Waals surface area contributed by atoms with Crippen molar-refractivity contribution >= 4 is 11.7 Å². The smallest absolute Gasteiger partial charge is 0.248 e. The Labute approximate surface area is 142 Å². The largest absolute Gasteiger partial charge is 0.369 e. The van der Waals surface area contributed by atoms with Crippen molar-refractivity contribution in [1.82, 2.24) is 0 Å². The molecule has 4 aliphatic rings. The van der Waals surface area contributed by atoms with Crippen LogP contribution in [0.5, 0.6) is 0 Å². The van der Waals surface area contributed by atoms with Crippen molar-refractivity contribution < 1.29 is 14.3 Å². The number of carbonyl (C=O) groups is 2. The first-order valence-corrected chi connectivity index (χ1v) is 9.04. The summed E-state index contributed by atoms with van der Waals surface area (Å²) >= 11 is 0. The van der Waals surface area contributed by atoms with Crippen LogP contribution in [0.4, 0.5) is 0 Å². The Morgan fingerprint density at radius 3 is 2.04 bits per heavy atom. The monoisotopic (exact) mass is 327 g/mol. The Kier molecular flexibility index (Phi) is 3.95. The fourth-order valence-corrected chi connectivity index (χ4v) is 5.63. The third kappa shape index (κ3) is 2.88. The quantitative estimate of drug-likeness (QED) is 0.873. The predicted molar refractivity (Wildman–Crippen MR) is 90.2 cm³/mol. The van der Waals surface area contributed by atoms with E-state index in [9.17, 15) is 9.59 Å². The lowest BCUT2D eigenvalue weighted by Crippen LogP contribution is -2.51. The summed E-state index contributed by atoms with van der Waals surface area (Å²) in [7, 11) is 0. The van der Waals surface area contributed by atoms with Gasteiger partial charge in [-0.05, 0) is 74.0 Å². The molecule has 128 valence electrons. The van der Waals surface area contributed by atoms with Crippen molar-refractivity contribution in [3.8, 4) is 0 Å². The first-order valence-electron chi connectivity index (χ1n) is 9.04. The third-order valence-electron chi connectivity index (χ3n) is 6.37. The number of Topliss-reactive ketones (excluding diaryl/α,β-unsaturated/α-hetero) is 1. The maximum Gasteiger partial charge on any atom is 0.248 e. The van der Waals surface area contributed by atoms with Crippen LogP contribution in [0.15, 0.2) is 24.3 Å². The van der Waals surface area contributed by atoms with Gasteiger partial charge in [0.2, 0.25) is 5.91 Å². The highest BCUT2D eigenvalue weighted by molar-refractivity contribution is 5.92. The van der Waals surface area contributed by atoms with Crippen molar-refractivity contribution in [3.63, 3.8) is 0 Å². The second kappa shape index (κ2) is 5.99. The van der Waals surface area contributed by atoms with Crippen molar-refractivity contribution in [2.24, 2.45) is 28.9 Å². The van der Waals surface area contributed by atoms with E-state index in [0.717, 1.165) is 42.6 Å². The summed E-state index contributed by atoms with van der Waals surface area (Å²) in [5.41, 5.74) is 6.60. The van der Waals surface area contributed by atoms with E-state index in [1.54, 1.807) is 12.1 Å². The van der Waals surface area contributed by atoms with Crippen LogP contribution in [0, 0.1) is 23.2 Å². The molecule has 0 aromatic heterocycles. The number of ketones is 1. The highest BCUT2D eigenvalue weighted by Crippen LogP contribution is 2.60. The van der Waals surface area contributed by atoms with Crippen molar-refractivity contribution in [2.45, 2.75) is 45.1 Å². The molecule has 4 heteroatoms. The van der Waals surface area contributed by atoms with E-state index in [4.69, 9.17) is 10.5 Å². The molecule has 0 unspecified atom stereocenters. The molecule has 1 amide bonds. The fourth-order valence-electron chi connectivity index (χ4n) is 5.63. The summed E-state index contributed by atoms with van der Waals surface area (Å²) in [5, 5.41) is 0. The van der Waals surface area contributed by atoms with Crippen LogP contribution in [-0.2, 0) is 16.1 Å². The molecule has 1 aromatic carbocycles. The van der Waals surface area contributed by atoms with E-state index < -0.39 is 5.91 Å². The molecule has 0 atom stereocenters. The Morgan fingerprint density at radius 2 is 1.54 bits per heavy atom. The number of benzene rings is 1. The van der Waals surface area contributed by atoms with Gasteiger partial charge in [0.25, 0.3) is 0 Å². The minimum absolute atomic E-state index is 0.0788. The van der Waals surface area contributed by atoms with Crippen LogP contribution in [0.25, 0.3) is 0 Å². The van der Waals surface area contributed by atoms with Crippen molar-refractivity contribution in [1.29, 1.82) is 0 Å². The van der Waals surface area contributed by atoms with Gasteiger partial charge < -0.3 is 10.5 Å². The van der Waals surface area contributed by atoms with E-state index >= 15 is 0 Å². The molecular formula is C20H25NO3. The van der Waals surface area contributed by atoms with E-state index in [1.807, 2.05) is 12.1 Å². The molecule has 24 heavy (non-hydrogen) atoms. The van der Waals surface area contributed by atoms with Gasteiger partial charge >= 0.3 is 0 Å². The highest BCUT2D eigenvalue weighted by Gasteiger charge is 2.54. The number of rotatable bonds is 6. The highest BCUT2D eigenvalue weighted by atomic mass is 16.5. The number of carbonyl (C=O) groups excluding carboxylic acids is 2. The van der Waals surface area contributed by atoms with Gasteiger partial charge in [-0.1, -0.05) is 12.1 Å². The molecule has 0 aliphatic heterocycles. The molecule has 0 radical (unpaired) electrons. The summed E-state index contributed by atoms with van der Waals surface area (Å²) in [6, 6.07) is 7.05. The summed E-state index contributed by atoms with van der Waals surface area (Å²) < 4.78 is 5.71. The summed E-state index contributed by atoms with van der Waals surface area (Å²) in [6.07, 6.45) is 7.32. The first kappa shape index (κ1) is 15.8. The lowest BCUT2D eigenvalue weighted by molar-refractivity contribution is -0.149. The lowest BCUT2D eigenvalue weighted by atomic mass is 9.48. The van der Waals surface area contributed by atoms with E-state index in [-0.39, 0.29) is 12.0 Å². The standard InChI is InChI=1S/C20H25NO3/c21-19(23)17-3-1-13(2-4-17)11-24-12-18(22)20-8-14-5-15(9-20)7-16(6-14)10-20/h1-4,14-16H,5-12H2,(H2,21,23). The molecule has 2 N–H and O–H groups in total. The topological polar surface area (TPSA) is 69.4 Å². The number of hydrogen-bond acceptors (Lipinski definition) is 3. The zero-order valence-corrected chi connectivity index (χ0v) is 14.0. The van der Waals surface area contributed by atoms with Gasteiger partial charge in [0.1, 0.15) is 6.61 Å². The molecule has 4 aliphatic carbocycles. The number of ether oxygens (including phenoxy) is 1. The van der Waals surface area contributed by atoms with Gasteiger partial charge in [-0.3, -0.25) is 9.59 Å². The summed E-state index contributed by atoms with van der Waals surface area (Å²) in [5.74, 6) is 2.22. The number of nitrogens with two attached hydrogens (primary N) is 1.